The maximum absolute atomic E-state index is 11.8. The first-order chi connectivity index (χ1) is 10.2. The highest BCUT2D eigenvalue weighted by molar-refractivity contribution is 7.97. The zero-order chi connectivity index (χ0) is 14.8. The number of thiol groups is 1. The third kappa shape index (κ3) is 2.82. The van der Waals surface area contributed by atoms with E-state index < -0.39 is 0 Å². The average molecular weight is 303 g/mol. The molecule has 1 aliphatic carbocycles. The Morgan fingerprint density at radius 2 is 2.10 bits per heavy atom. The van der Waals surface area contributed by atoms with Crippen LogP contribution in [0.5, 0.6) is 5.75 Å². The number of rotatable bonds is 4. The Kier molecular flexibility index (Phi) is 4.24. The zero-order valence-electron chi connectivity index (χ0n) is 12.3. The van der Waals surface area contributed by atoms with Crippen molar-refractivity contribution in [3.63, 3.8) is 0 Å². The molecule has 3 nitrogen and oxygen atoms in total. The van der Waals surface area contributed by atoms with Crippen LogP contribution in [-0.2, 0) is 6.54 Å². The van der Waals surface area contributed by atoms with Gasteiger partial charge < -0.3 is 9.30 Å². The molecule has 3 rings (SSSR count). The highest BCUT2D eigenvalue weighted by Crippen LogP contribution is 2.33. The highest BCUT2D eigenvalue weighted by Gasteiger charge is 2.19. The van der Waals surface area contributed by atoms with Crippen molar-refractivity contribution in [1.29, 1.82) is 0 Å². The van der Waals surface area contributed by atoms with Gasteiger partial charge in [0.15, 0.2) is 0 Å². The Bertz CT molecular complexity index is 656. The first-order valence-electron chi connectivity index (χ1n) is 7.60. The number of para-hydroxylation sites is 1. The second-order valence-electron chi connectivity index (χ2n) is 5.86. The molecule has 0 saturated heterocycles. The van der Waals surface area contributed by atoms with Gasteiger partial charge in [-0.25, -0.2) is 0 Å². The number of nitrogens with zero attached hydrogens (tertiary/aromatic N) is 1. The van der Waals surface area contributed by atoms with Gasteiger partial charge in [-0.05, 0) is 24.8 Å². The minimum Gasteiger partial charge on any atom is -0.495 e. The molecular weight excluding hydrogens is 282 g/mol. The number of ether oxygens (including phenoxy) is 1. The molecule has 0 atom stereocenters. The van der Waals surface area contributed by atoms with Crippen molar-refractivity contribution in [1.82, 2.24) is 4.57 Å². The summed E-state index contributed by atoms with van der Waals surface area (Å²) in [5.41, 5.74) is 1.69. The summed E-state index contributed by atoms with van der Waals surface area (Å²) in [6, 6.07) is 5.84. The van der Waals surface area contributed by atoms with E-state index in [0.29, 0.717) is 11.5 Å². The molecule has 4 heteroatoms. The number of aromatic nitrogens is 1. The second-order valence-corrected chi connectivity index (χ2v) is 6.27. The van der Waals surface area contributed by atoms with Gasteiger partial charge in [0.1, 0.15) is 5.75 Å². The van der Waals surface area contributed by atoms with Crippen LogP contribution < -0.4 is 4.74 Å². The number of methoxy groups -OCH3 is 1. The smallest absolute Gasteiger partial charge is 0.218 e. The van der Waals surface area contributed by atoms with Gasteiger partial charge in [0, 0.05) is 18.1 Å². The minimum atomic E-state index is -0.185. The molecule has 1 saturated carbocycles. The van der Waals surface area contributed by atoms with Crippen LogP contribution in [0.3, 0.4) is 0 Å². The molecule has 0 amide bonds. The van der Waals surface area contributed by atoms with Gasteiger partial charge in [-0.1, -0.05) is 31.4 Å². The topological polar surface area (TPSA) is 31.2 Å². The number of hydrogen-bond acceptors (Lipinski definition) is 2. The first-order valence-corrected chi connectivity index (χ1v) is 8.04. The van der Waals surface area contributed by atoms with Crippen molar-refractivity contribution in [2.45, 2.75) is 38.6 Å². The van der Waals surface area contributed by atoms with Crippen LogP contribution in [-0.4, -0.2) is 16.8 Å². The fraction of sp³-hybridized carbons (Fsp3) is 0.471. The molecule has 0 unspecified atom stereocenters. The van der Waals surface area contributed by atoms with Gasteiger partial charge in [-0.2, -0.15) is 0 Å². The summed E-state index contributed by atoms with van der Waals surface area (Å²) in [4.78, 5) is 11.8. The lowest BCUT2D eigenvalue weighted by atomic mass is 9.89. The lowest BCUT2D eigenvalue weighted by Crippen LogP contribution is -2.13. The van der Waals surface area contributed by atoms with Crippen molar-refractivity contribution in [2.24, 2.45) is 5.92 Å². The molecule has 21 heavy (non-hydrogen) atoms. The maximum Gasteiger partial charge on any atom is 0.218 e. The monoisotopic (exact) mass is 303 g/mol. The number of hydrogen-bond donors (Lipinski definition) is 1. The largest absolute Gasteiger partial charge is 0.495 e. The molecule has 1 fully saturated rings. The van der Waals surface area contributed by atoms with Crippen LogP contribution in [0, 0.1) is 5.92 Å². The number of benzene rings is 1. The van der Waals surface area contributed by atoms with Crippen molar-refractivity contribution in [3.05, 3.63) is 30.0 Å². The molecule has 1 aliphatic rings. The predicted molar refractivity (Wildman–Crippen MR) is 88.4 cm³/mol. The van der Waals surface area contributed by atoms with E-state index in [4.69, 9.17) is 4.74 Å². The fourth-order valence-electron chi connectivity index (χ4n) is 3.45. The first kappa shape index (κ1) is 14.5. The molecule has 0 bridgehead atoms. The predicted octanol–water partition coefficient (Wildman–Crippen LogP) is 4.30. The summed E-state index contributed by atoms with van der Waals surface area (Å²) in [6.45, 7) is 0.956. The Morgan fingerprint density at radius 1 is 1.33 bits per heavy atom. The quantitative estimate of drug-likeness (QED) is 0.854. The van der Waals surface area contributed by atoms with E-state index in [1.165, 1.54) is 32.1 Å². The maximum atomic E-state index is 11.8. The SMILES string of the molecule is COc1cccc2c(C(=O)S)cn(CC3CCCCC3)c12. The van der Waals surface area contributed by atoms with E-state index >= 15 is 0 Å². The van der Waals surface area contributed by atoms with Crippen LogP contribution in [0.4, 0.5) is 0 Å². The summed E-state index contributed by atoms with van der Waals surface area (Å²) in [6.07, 6.45) is 8.49. The van der Waals surface area contributed by atoms with Crippen LogP contribution in [0.25, 0.3) is 10.9 Å². The summed E-state index contributed by atoms with van der Waals surface area (Å²) < 4.78 is 7.68. The molecule has 1 heterocycles. The normalized spacial score (nSPS) is 16.3. The third-order valence-corrected chi connectivity index (χ3v) is 4.73. The van der Waals surface area contributed by atoms with Gasteiger partial charge >= 0.3 is 0 Å². The standard InChI is InChI=1S/C17H21NO2S/c1-20-15-9-5-8-13-14(17(19)21)11-18(16(13)15)10-12-6-3-2-4-7-12/h5,8-9,11-12H,2-4,6-7,10H2,1H3,(H,19,21). The Hall–Kier alpha value is -1.42. The molecule has 0 aliphatic heterocycles. The van der Waals surface area contributed by atoms with Crippen molar-refractivity contribution in [2.75, 3.05) is 7.11 Å². The molecule has 2 aromatic rings. The summed E-state index contributed by atoms with van der Waals surface area (Å²) in [7, 11) is 1.68. The van der Waals surface area contributed by atoms with Crippen molar-refractivity contribution in [3.8, 4) is 5.75 Å². The lowest BCUT2D eigenvalue weighted by Gasteiger charge is -2.22. The number of carbonyl (C=O) groups excluding carboxylic acids is 1. The van der Waals surface area contributed by atoms with Gasteiger partial charge in [-0.3, -0.25) is 4.79 Å². The van der Waals surface area contributed by atoms with Gasteiger partial charge in [0.25, 0.3) is 0 Å². The van der Waals surface area contributed by atoms with E-state index in [1.807, 2.05) is 24.4 Å². The second kappa shape index (κ2) is 6.14. The van der Waals surface area contributed by atoms with E-state index in [0.717, 1.165) is 23.2 Å². The highest BCUT2D eigenvalue weighted by atomic mass is 32.1. The third-order valence-electron chi connectivity index (χ3n) is 4.49. The average Bonchev–Trinajstić information content (AvgIpc) is 2.87. The van der Waals surface area contributed by atoms with Crippen molar-refractivity contribution >= 4 is 28.6 Å². The van der Waals surface area contributed by atoms with E-state index in [-0.39, 0.29) is 5.12 Å². The Balaban J connectivity index is 2.05. The van der Waals surface area contributed by atoms with Gasteiger partial charge in [0.05, 0.1) is 18.2 Å². The lowest BCUT2D eigenvalue weighted by molar-refractivity contribution is 0.109. The fourth-order valence-corrected chi connectivity index (χ4v) is 3.63. The van der Waals surface area contributed by atoms with Crippen LogP contribution >= 0.6 is 12.6 Å². The Morgan fingerprint density at radius 3 is 2.76 bits per heavy atom. The number of fused-ring (bicyclic) bond motifs is 1. The zero-order valence-corrected chi connectivity index (χ0v) is 13.2. The Labute approximate surface area is 130 Å². The molecular formula is C17H21NO2S. The van der Waals surface area contributed by atoms with Crippen LogP contribution in [0.1, 0.15) is 42.5 Å². The van der Waals surface area contributed by atoms with E-state index in [1.54, 1.807) is 7.11 Å². The molecule has 1 aromatic carbocycles. The summed E-state index contributed by atoms with van der Waals surface area (Å²) >= 11 is 4.01. The molecule has 0 radical (unpaired) electrons. The van der Waals surface area contributed by atoms with Gasteiger partial charge in [-0.15, -0.1) is 12.6 Å². The summed E-state index contributed by atoms with van der Waals surface area (Å²) in [5, 5.41) is 0.751. The van der Waals surface area contributed by atoms with Crippen molar-refractivity contribution < 1.29 is 9.53 Å². The molecule has 112 valence electrons. The van der Waals surface area contributed by atoms with Gasteiger partial charge in [0.2, 0.25) is 5.12 Å². The molecule has 1 aromatic heterocycles. The molecule has 0 spiro atoms. The summed E-state index contributed by atoms with van der Waals surface area (Å²) in [5.74, 6) is 1.52. The van der Waals surface area contributed by atoms with Crippen LogP contribution in [0.15, 0.2) is 24.4 Å². The molecule has 0 N–H and O–H groups in total. The number of carbonyl (C=O) groups is 1. The minimum absolute atomic E-state index is 0.185. The van der Waals surface area contributed by atoms with E-state index in [2.05, 4.69) is 17.2 Å². The van der Waals surface area contributed by atoms with Crippen LogP contribution in [0.2, 0.25) is 0 Å². The van der Waals surface area contributed by atoms with E-state index in [9.17, 15) is 4.79 Å².